The number of benzene rings is 1. The molecule has 1 aliphatic rings. The van der Waals surface area contributed by atoms with Crippen molar-refractivity contribution in [2.75, 3.05) is 20.2 Å². The highest BCUT2D eigenvalue weighted by Gasteiger charge is 2.38. The summed E-state index contributed by atoms with van der Waals surface area (Å²) in [7, 11) is 1.57. The van der Waals surface area contributed by atoms with Crippen molar-refractivity contribution in [2.45, 2.75) is 32.6 Å². The van der Waals surface area contributed by atoms with Crippen molar-refractivity contribution in [1.29, 1.82) is 0 Å². The Morgan fingerprint density at radius 2 is 2.00 bits per heavy atom. The molecule has 1 atom stereocenters. The van der Waals surface area contributed by atoms with Crippen molar-refractivity contribution in [2.24, 2.45) is 0 Å². The second-order valence-corrected chi connectivity index (χ2v) is 5.54. The first-order valence-electron chi connectivity index (χ1n) is 7.28. The zero-order chi connectivity index (χ0) is 15.6. The summed E-state index contributed by atoms with van der Waals surface area (Å²) in [6, 6.07) is 3.45. The average Bonchev–Trinajstić information content (AvgIpc) is 2.84. The molecule has 0 aromatic heterocycles. The van der Waals surface area contributed by atoms with Gasteiger partial charge in [0, 0.05) is 30.1 Å². The standard InChI is InChI=1S/C16H22N2O3/c1-5-16(3)9-21-13-11(15(20)17-4)7-10(8-12(13)16)14(19)18-6-2/h7-8H,5-6,9H2,1-4H3,(H,17,20)(H,18,19)/t16-/m0/s1. The third-order valence-electron chi connectivity index (χ3n) is 4.13. The molecule has 0 saturated carbocycles. The number of rotatable bonds is 4. The van der Waals surface area contributed by atoms with Crippen LogP contribution in [-0.2, 0) is 5.41 Å². The van der Waals surface area contributed by atoms with Crippen molar-refractivity contribution in [3.05, 3.63) is 28.8 Å². The van der Waals surface area contributed by atoms with Crippen molar-refractivity contribution >= 4 is 11.8 Å². The molecule has 2 rings (SSSR count). The molecule has 0 spiro atoms. The fraction of sp³-hybridized carbons (Fsp3) is 0.500. The second-order valence-electron chi connectivity index (χ2n) is 5.54. The van der Waals surface area contributed by atoms with E-state index in [1.807, 2.05) is 13.0 Å². The molecule has 1 aromatic carbocycles. The molecule has 5 nitrogen and oxygen atoms in total. The molecule has 114 valence electrons. The Hall–Kier alpha value is -2.04. The first kappa shape index (κ1) is 15.4. The Bertz CT molecular complexity index is 583. The SMILES string of the molecule is CCNC(=O)c1cc(C(=O)NC)c2c(c1)[C@@](C)(CC)CO2. The highest BCUT2D eigenvalue weighted by atomic mass is 16.5. The van der Waals surface area contributed by atoms with Crippen LogP contribution in [0.3, 0.4) is 0 Å². The lowest BCUT2D eigenvalue weighted by molar-refractivity contribution is 0.0955. The second kappa shape index (κ2) is 5.76. The normalized spacial score (nSPS) is 19.6. The van der Waals surface area contributed by atoms with Gasteiger partial charge in [-0.05, 0) is 25.5 Å². The molecule has 1 heterocycles. The molecule has 2 amide bonds. The topological polar surface area (TPSA) is 67.4 Å². The van der Waals surface area contributed by atoms with Gasteiger partial charge in [0.1, 0.15) is 5.75 Å². The van der Waals surface area contributed by atoms with Crippen molar-refractivity contribution in [1.82, 2.24) is 10.6 Å². The summed E-state index contributed by atoms with van der Waals surface area (Å²) in [6.07, 6.45) is 0.881. The van der Waals surface area contributed by atoms with Gasteiger partial charge in [-0.1, -0.05) is 13.8 Å². The number of hydrogen-bond donors (Lipinski definition) is 2. The number of hydrogen-bond acceptors (Lipinski definition) is 3. The molecule has 0 saturated heterocycles. The van der Waals surface area contributed by atoms with E-state index >= 15 is 0 Å². The minimum atomic E-state index is -0.238. The highest BCUT2D eigenvalue weighted by molar-refractivity contribution is 6.02. The van der Waals surface area contributed by atoms with E-state index in [2.05, 4.69) is 24.5 Å². The molecule has 0 unspecified atom stereocenters. The van der Waals surface area contributed by atoms with Gasteiger partial charge < -0.3 is 15.4 Å². The predicted octanol–water partition coefficient (Wildman–Crippen LogP) is 1.86. The lowest BCUT2D eigenvalue weighted by Crippen LogP contribution is -2.26. The number of amides is 2. The van der Waals surface area contributed by atoms with Crippen LogP contribution in [0.2, 0.25) is 0 Å². The number of ether oxygens (including phenoxy) is 1. The largest absolute Gasteiger partial charge is 0.492 e. The van der Waals surface area contributed by atoms with E-state index in [-0.39, 0.29) is 17.2 Å². The first-order valence-corrected chi connectivity index (χ1v) is 7.28. The van der Waals surface area contributed by atoms with E-state index < -0.39 is 0 Å². The zero-order valence-corrected chi connectivity index (χ0v) is 13.0. The van der Waals surface area contributed by atoms with Crippen LogP contribution in [0.1, 0.15) is 53.5 Å². The Balaban J connectivity index is 2.60. The Kier molecular flexibility index (Phi) is 4.21. The van der Waals surface area contributed by atoms with Crippen LogP contribution in [0, 0.1) is 0 Å². The molecular formula is C16H22N2O3. The first-order chi connectivity index (χ1) is 9.96. The predicted molar refractivity (Wildman–Crippen MR) is 81.0 cm³/mol. The number of carbonyl (C=O) groups is 2. The lowest BCUT2D eigenvalue weighted by Gasteiger charge is -2.20. The van der Waals surface area contributed by atoms with Crippen molar-refractivity contribution < 1.29 is 14.3 Å². The number of fused-ring (bicyclic) bond motifs is 1. The van der Waals surface area contributed by atoms with E-state index in [1.54, 1.807) is 13.1 Å². The minimum Gasteiger partial charge on any atom is -0.492 e. The molecule has 1 aliphatic heterocycles. The summed E-state index contributed by atoms with van der Waals surface area (Å²) < 4.78 is 5.76. The molecule has 1 aromatic rings. The summed E-state index contributed by atoms with van der Waals surface area (Å²) in [5, 5.41) is 5.37. The van der Waals surface area contributed by atoms with Crippen LogP contribution >= 0.6 is 0 Å². The van der Waals surface area contributed by atoms with E-state index in [0.29, 0.717) is 30.0 Å². The summed E-state index contributed by atoms with van der Waals surface area (Å²) in [4.78, 5) is 24.2. The molecule has 0 aliphatic carbocycles. The Morgan fingerprint density at radius 1 is 1.29 bits per heavy atom. The van der Waals surface area contributed by atoms with Crippen LogP contribution < -0.4 is 15.4 Å². The van der Waals surface area contributed by atoms with E-state index in [9.17, 15) is 9.59 Å². The lowest BCUT2D eigenvalue weighted by atomic mass is 9.80. The van der Waals surface area contributed by atoms with Gasteiger partial charge >= 0.3 is 0 Å². The fourth-order valence-corrected chi connectivity index (χ4v) is 2.53. The third-order valence-corrected chi connectivity index (χ3v) is 4.13. The van der Waals surface area contributed by atoms with Crippen molar-refractivity contribution in [3.8, 4) is 5.75 Å². The highest BCUT2D eigenvalue weighted by Crippen LogP contribution is 2.43. The molecule has 5 heteroatoms. The number of nitrogens with one attached hydrogen (secondary N) is 2. The summed E-state index contributed by atoms with van der Waals surface area (Å²) in [6.45, 7) is 7.11. The van der Waals surface area contributed by atoms with Gasteiger partial charge in [-0.3, -0.25) is 9.59 Å². The monoisotopic (exact) mass is 290 g/mol. The molecule has 0 radical (unpaired) electrons. The summed E-state index contributed by atoms with van der Waals surface area (Å²) in [5.41, 5.74) is 1.70. The van der Waals surface area contributed by atoms with E-state index in [4.69, 9.17) is 4.74 Å². The average molecular weight is 290 g/mol. The van der Waals surface area contributed by atoms with Gasteiger partial charge in [-0.2, -0.15) is 0 Å². The van der Waals surface area contributed by atoms with Gasteiger partial charge in [-0.25, -0.2) is 0 Å². The van der Waals surface area contributed by atoms with Gasteiger partial charge in [0.2, 0.25) is 0 Å². The number of carbonyl (C=O) groups excluding carboxylic acids is 2. The van der Waals surface area contributed by atoms with Gasteiger partial charge in [0.15, 0.2) is 0 Å². The minimum absolute atomic E-state index is 0.166. The van der Waals surface area contributed by atoms with Crippen LogP contribution in [-0.4, -0.2) is 32.0 Å². The van der Waals surface area contributed by atoms with Gasteiger partial charge in [0.05, 0.1) is 12.2 Å². The molecule has 0 bridgehead atoms. The molecule has 2 N–H and O–H groups in total. The maximum absolute atomic E-state index is 12.1. The maximum Gasteiger partial charge on any atom is 0.254 e. The summed E-state index contributed by atoms with van der Waals surface area (Å²) in [5.74, 6) is 0.195. The molecular weight excluding hydrogens is 268 g/mol. The van der Waals surface area contributed by atoms with Crippen LogP contribution in [0.25, 0.3) is 0 Å². The zero-order valence-electron chi connectivity index (χ0n) is 13.0. The quantitative estimate of drug-likeness (QED) is 0.889. The summed E-state index contributed by atoms with van der Waals surface area (Å²) >= 11 is 0. The molecule has 0 fully saturated rings. The van der Waals surface area contributed by atoms with Crippen LogP contribution in [0.4, 0.5) is 0 Å². The smallest absolute Gasteiger partial charge is 0.254 e. The fourth-order valence-electron chi connectivity index (χ4n) is 2.53. The van der Waals surface area contributed by atoms with Gasteiger partial charge in [0.25, 0.3) is 11.8 Å². The molecule has 21 heavy (non-hydrogen) atoms. The van der Waals surface area contributed by atoms with Crippen molar-refractivity contribution in [3.63, 3.8) is 0 Å². The Morgan fingerprint density at radius 3 is 2.57 bits per heavy atom. The van der Waals surface area contributed by atoms with Gasteiger partial charge in [-0.15, -0.1) is 0 Å². The Labute approximate surface area is 125 Å². The third kappa shape index (κ3) is 2.60. The van der Waals surface area contributed by atoms with E-state index in [1.165, 1.54) is 0 Å². The van der Waals surface area contributed by atoms with E-state index in [0.717, 1.165) is 12.0 Å². The maximum atomic E-state index is 12.1. The van der Waals surface area contributed by atoms with Crippen LogP contribution in [0.15, 0.2) is 12.1 Å². The van der Waals surface area contributed by atoms with Crippen LogP contribution in [0.5, 0.6) is 5.75 Å².